The van der Waals surface area contributed by atoms with Crippen LogP contribution in [0.3, 0.4) is 0 Å². The molecule has 1 amide bonds. The van der Waals surface area contributed by atoms with E-state index in [9.17, 15) is 4.79 Å². The monoisotopic (exact) mass is 306 g/mol. The van der Waals surface area contributed by atoms with E-state index in [2.05, 4.69) is 10.5 Å². The fourth-order valence-corrected chi connectivity index (χ4v) is 3.16. The van der Waals surface area contributed by atoms with Crippen LogP contribution in [0.1, 0.15) is 44.1 Å². The third kappa shape index (κ3) is 3.38. The second-order valence-electron chi connectivity index (χ2n) is 5.66. The highest BCUT2D eigenvalue weighted by Crippen LogP contribution is 2.23. The summed E-state index contributed by atoms with van der Waals surface area (Å²) in [5.41, 5.74) is 1.58. The molecule has 0 radical (unpaired) electrons. The molecule has 0 spiro atoms. The molecule has 1 aliphatic carbocycles. The summed E-state index contributed by atoms with van der Waals surface area (Å²) >= 11 is 6.15. The highest BCUT2D eigenvalue weighted by Gasteiger charge is 2.31. The topological polar surface area (TPSA) is 50.7 Å². The lowest BCUT2D eigenvalue weighted by Gasteiger charge is -2.23. The van der Waals surface area contributed by atoms with E-state index in [1.807, 2.05) is 24.3 Å². The normalized spacial score (nSPS) is 22.5. The third-order valence-electron chi connectivity index (χ3n) is 4.10. The van der Waals surface area contributed by atoms with Crippen molar-refractivity contribution in [2.24, 2.45) is 5.16 Å². The summed E-state index contributed by atoms with van der Waals surface area (Å²) in [6, 6.07) is 7.77. The number of carbonyl (C=O) groups is 1. The lowest BCUT2D eigenvalue weighted by molar-refractivity contribution is -0.132. The van der Waals surface area contributed by atoms with Crippen LogP contribution in [0.25, 0.3) is 0 Å². The summed E-state index contributed by atoms with van der Waals surface area (Å²) in [7, 11) is 0. The molecule has 112 valence electrons. The largest absolute Gasteiger partial charge is 0.382 e. The molecule has 1 N–H and O–H groups in total. The van der Waals surface area contributed by atoms with Crippen LogP contribution in [-0.4, -0.2) is 23.8 Å². The van der Waals surface area contributed by atoms with Crippen LogP contribution < -0.4 is 5.32 Å². The Labute approximate surface area is 129 Å². The zero-order chi connectivity index (χ0) is 14.7. The quantitative estimate of drug-likeness (QED) is 0.931. The number of rotatable bonds is 3. The predicted octanol–water partition coefficient (Wildman–Crippen LogP) is 3.28. The van der Waals surface area contributed by atoms with E-state index >= 15 is 0 Å². The number of hydrogen-bond acceptors (Lipinski definition) is 3. The number of halogens is 1. The summed E-state index contributed by atoms with van der Waals surface area (Å²) in [6.07, 6.45) is 5.73. The number of hydrogen-bond donors (Lipinski definition) is 1. The number of benzene rings is 1. The molecule has 21 heavy (non-hydrogen) atoms. The van der Waals surface area contributed by atoms with Crippen molar-refractivity contribution >= 4 is 23.2 Å². The maximum atomic E-state index is 12.2. The van der Waals surface area contributed by atoms with Gasteiger partial charge >= 0.3 is 0 Å². The molecule has 1 heterocycles. The summed E-state index contributed by atoms with van der Waals surface area (Å²) in [4.78, 5) is 17.5. The van der Waals surface area contributed by atoms with Crippen LogP contribution in [0.4, 0.5) is 0 Å². The van der Waals surface area contributed by atoms with Crippen LogP contribution in [0.5, 0.6) is 0 Å². The molecular formula is C16H19ClN2O2. The van der Waals surface area contributed by atoms with Crippen molar-refractivity contribution in [3.05, 3.63) is 34.9 Å². The zero-order valence-corrected chi connectivity index (χ0v) is 12.6. The van der Waals surface area contributed by atoms with Crippen LogP contribution >= 0.6 is 11.6 Å². The van der Waals surface area contributed by atoms with Gasteiger partial charge in [0.2, 0.25) is 6.10 Å². The molecule has 5 heteroatoms. The minimum Gasteiger partial charge on any atom is -0.382 e. The van der Waals surface area contributed by atoms with E-state index in [0.29, 0.717) is 17.5 Å². The van der Waals surface area contributed by atoms with Gasteiger partial charge in [0, 0.05) is 23.0 Å². The molecule has 0 aromatic heterocycles. The lowest BCUT2D eigenvalue weighted by Crippen LogP contribution is -2.42. The predicted molar refractivity (Wildman–Crippen MR) is 82.5 cm³/mol. The molecule has 1 aromatic rings. The number of oxime groups is 1. The number of nitrogens with one attached hydrogen (secondary N) is 1. The lowest BCUT2D eigenvalue weighted by atomic mass is 9.95. The van der Waals surface area contributed by atoms with Gasteiger partial charge in [-0.15, -0.1) is 0 Å². The Morgan fingerprint density at radius 3 is 2.76 bits per heavy atom. The summed E-state index contributed by atoms with van der Waals surface area (Å²) in [5.74, 6) is -0.0623. The first kappa shape index (κ1) is 14.4. The average molecular weight is 307 g/mol. The molecule has 1 saturated carbocycles. The Bertz CT molecular complexity index is 553. The fraction of sp³-hybridized carbons (Fsp3) is 0.500. The summed E-state index contributed by atoms with van der Waals surface area (Å²) in [5, 5.41) is 7.74. The van der Waals surface area contributed by atoms with E-state index in [1.54, 1.807) is 0 Å². The Hall–Kier alpha value is -1.55. The van der Waals surface area contributed by atoms with Crippen LogP contribution in [-0.2, 0) is 9.63 Å². The number of carbonyl (C=O) groups excluding carboxylic acids is 1. The molecule has 1 atom stereocenters. The van der Waals surface area contributed by atoms with Crippen LogP contribution in [0.2, 0.25) is 5.02 Å². The molecule has 1 fully saturated rings. The SMILES string of the molecule is O=C(NC1CCCCC1)[C@@H]1CC(c2ccccc2Cl)=NO1. The van der Waals surface area contributed by atoms with Crippen molar-refractivity contribution < 1.29 is 9.63 Å². The Morgan fingerprint density at radius 2 is 2.00 bits per heavy atom. The van der Waals surface area contributed by atoms with Crippen molar-refractivity contribution in [2.45, 2.75) is 50.7 Å². The van der Waals surface area contributed by atoms with Gasteiger partial charge in [0.15, 0.2) is 0 Å². The maximum Gasteiger partial charge on any atom is 0.264 e. The molecule has 0 saturated heterocycles. The maximum absolute atomic E-state index is 12.2. The van der Waals surface area contributed by atoms with Gasteiger partial charge < -0.3 is 10.2 Å². The highest BCUT2D eigenvalue weighted by atomic mass is 35.5. The van der Waals surface area contributed by atoms with E-state index in [-0.39, 0.29) is 5.91 Å². The average Bonchev–Trinajstić information content (AvgIpc) is 2.98. The highest BCUT2D eigenvalue weighted by molar-refractivity contribution is 6.34. The van der Waals surface area contributed by atoms with Crippen LogP contribution in [0.15, 0.2) is 29.4 Å². The van der Waals surface area contributed by atoms with Crippen molar-refractivity contribution in [3.63, 3.8) is 0 Å². The molecular weight excluding hydrogens is 288 g/mol. The summed E-state index contributed by atoms with van der Waals surface area (Å²) in [6.45, 7) is 0. The second kappa shape index (κ2) is 6.48. The minimum atomic E-state index is -0.529. The first-order valence-corrected chi connectivity index (χ1v) is 7.90. The van der Waals surface area contributed by atoms with Crippen LogP contribution in [0, 0.1) is 0 Å². The Kier molecular flexibility index (Phi) is 4.44. The van der Waals surface area contributed by atoms with Gasteiger partial charge in [-0.2, -0.15) is 0 Å². The molecule has 1 aliphatic heterocycles. The molecule has 1 aromatic carbocycles. The molecule has 2 aliphatic rings. The minimum absolute atomic E-state index is 0.0623. The summed E-state index contributed by atoms with van der Waals surface area (Å²) < 4.78 is 0. The van der Waals surface area contributed by atoms with Crippen molar-refractivity contribution in [1.82, 2.24) is 5.32 Å². The second-order valence-corrected chi connectivity index (χ2v) is 6.07. The van der Waals surface area contributed by atoms with Crippen molar-refractivity contribution in [3.8, 4) is 0 Å². The van der Waals surface area contributed by atoms with Gasteiger partial charge in [-0.3, -0.25) is 4.79 Å². The number of nitrogens with zero attached hydrogens (tertiary/aromatic N) is 1. The van der Waals surface area contributed by atoms with Gasteiger partial charge in [-0.1, -0.05) is 54.2 Å². The third-order valence-corrected chi connectivity index (χ3v) is 4.43. The first-order valence-electron chi connectivity index (χ1n) is 7.52. The van der Waals surface area contributed by atoms with Crippen molar-refractivity contribution in [1.29, 1.82) is 0 Å². The zero-order valence-electron chi connectivity index (χ0n) is 11.8. The van der Waals surface area contributed by atoms with Gasteiger partial charge in [-0.25, -0.2) is 0 Å². The Balaban J connectivity index is 1.58. The standard InChI is InChI=1S/C16H19ClN2O2/c17-13-9-5-4-8-12(13)14-10-15(21-19-14)16(20)18-11-6-2-1-3-7-11/h4-5,8-9,11,15H,1-3,6-7,10H2,(H,18,20)/t15-/m0/s1. The molecule has 3 rings (SSSR count). The van der Waals surface area contributed by atoms with Crippen molar-refractivity contribution in [2.75, 3.05) is 0 Å². The van der Waals surface area contributed by atoms with E-state index in [0.717, 1.165) is 24.1 Å². The smallest absolute Gasteiger partial charge is 0.264 e. The fourth-order valence-electron chi connectivity index (χ4n) is 2.91. The first-order chi connectivity index (χ1) is 10.2. The van der Waals surface area contributed by atoms with E-state index in [4.69, 9.17) is 16.4 Å². The van der Waals surface area contributed by atoms with E-state index < -0.39 is 6.10 Å². The van der Waals surface area contributed by atoms with Gasteiger partial charge in [0.05, 0.1) is 5.71 Å². The number of amides is 1. The molecule has 4 nitrogen and oxygen atoms in total. The van der Waals surface area contributed by atoms with Gasteiger partial charge in [-0.05, 0) is 18.9 Å². The van der Waals surface area contributed by atoms with Gasteiger partial charge in [0.25, 0.3) is 5.91 Å². The molecule has 0 unspecified atom stereocenters. The van der Waals surface area contributed by atoms with E-state index in [1.165, 1.54) is 19.3 Å². The molecule has 0 bridgehead atoms. The van der Waals surface area contributed by atoms with Gasteiger partial charge in [0.1, 0.15) is 0 Å². The Morgan fingerprint density at radius 1 is 1.24 bits per heavy atom.